The summed E-state index contributed by atoms with van der Waals surface area (Å²) in [6.45, 7) is 6.40. The Balaban J connectivity index is 2.77. The van der Waals surface area contributed by atoms with Gasteiger partial charge in [-0.25, -0.2) is 4.39 Å². The quantitative estimate of drug-likeness (QED) is 0.636. The SMILES string of the molecule is CC(C)(C)c1cncc2cc(F)ccc12. The second-order valence-electron chi connectivity index (χ2n) is 4.80. The molecule has 1 aromatic carbocycles. The average molecular weight is 203 g/mol. The number of hydrogen-bond donors (Lipinski definition) is 0. The van der Waals surface area contributed by atoms with Crippen molar-refractivity contribution in [3.63, 3.8) is 0 Å². The highest BCUT2D eigenvalue weighted by Crippen LogP contribution is 2.29. The van der Waals surface area contributed by atoms with E-state index >= 15 is 0 Å². The summed E-state index contributed by atoms with van der Waals surface area (Å²) in [6, 6.07) is 4.85. The highest BCUT2D eigenvalue weighted by atomic mass is 19.1. The van der Waals surface area contributed by atoms with Crippen molar-refractivity contribution in [2.45, 2.75) is 26.2 Å². The van der Waals surface area contributed by atoms with Crippen LogP contribution in [-0.4, -0.2) is 4.98 Å². The molecule has 0 spiro atoms. The molecular weight excluding hydrogens is 189 g/mol. The normalized spacial score (nSPS) is 12.0. The first kappa shape index (κ1) is 10.1. The van der Waals surface area contributed by atoms with Crippen molar-refractivity contribution in [1.29, 1.82) is 0 Å². The maximum absolute atomic E-state index is 13.0. The van der Waals surface area contributed by atoms with Crippen LogP contribution < -0.4 is 0 Å². The molecule has 0 atom stereocenters. The summed E-state index contributed by atoms with van der Waals surface area (Å²) < 4.78 is 13.0. The van der Waals surface area contributed by atoms with Gasteiger partial charge in [-0.15, -0.1) is 0 Å². The van der Waals surface area contributed by atoms with Gasteiger partial charge in [-0.2, -0.15) is 0 Å². The van der Waals surface area contributed by atoms with E-state index in [-0.39, 0.29) is 11.2 Å². The van der Waals surface area contributed by atoms with Gasteiger partial charge in [0.2, 0.25) is 0 Å². The van der Waals surface area contributed by atoms with Crippen molar-refractivity contribution in [3.8, 4) is 0 Å². The van der Waals surface area contributed by atoms with E-state index in [4.69, 9.17) is 0 Å². The lowest BCUT2D eigenvalue weighted by atomic mass is 9.85. The Bertz CT molecular complexity index is 497. The molecule has 2 rings (SSSR count). The molecule has 1 aromatic heterocycles. The second-order valence-corrected chi connectivity index (χ2v) is 4.80. The minimum absolute atomic E-state index is 0.0321. The molecule has 0 fully saturated rings. The lowest BCUT2D eigenvalue weighted by Crippen LogP contribution is -2.12. The summed E-state index contributed by atoms with van der Waals surface area (Å²) in [6.07, 6.45) is 3.56. The van der Waals surface area contributed by atoms with Crippen LogP contribution in [0.4, 0.5) is 4.39 Å². The van der Waals surface area contributed by atoms with Gasteiger partial charge in [0, 0.05) is 17.8 Å². The zero-order valence-electron chi connectivity index (χ0n) is 9.21. The van der Waals surface area contributed by atoms with Gasteiger partial charge in [0.05, 0.1) is 0 Å². The summed E-state index contributed by atoms with van der Waals surface area (Å²) in [5.41, 5.74) is 1.18. The highest BCUT2D eigenvalue weighted by Gasteiger charge is 2.16. The van der Waals surface area contributed by atoms with Crippen LogP contribution in [-0.2, 0) is 5.41 Å². The Kier molecular flexibility index (Phi) is 2.22. The van der Waals surface area contributed by atoms with Gasteiger partial charge in [-0.05, 0) is 28.5 Å². The molecule has 0 radical (unpaired) electrons. The fraction of sp³-hybridized carbons (Fsp3) is 0.308. The molecule has 0 N–H and O–H groups in total. The van der Waals surface area contributed by atoms with Gasteiger partial charge in [0.15, 0.2) is 0 Å². The number of benzene rings is 1. The molecule has 0 unspecified atom stereocenters. The van der Waals surface area contributed by atoms with Crippen molar-refractivity contribution in [2.75, 3.05) is 0 Å². The number of pyridine rings is 1. The van der Waals surface area contributed by atoms with E-state index in [9.17, 15) is 4.39 Å². The van der Waals surface area contributed by atoms with Gasteiger partial charge in [0.25, 0.3) is 0 Å². The average Bonchev–Trinajstić information content (AvgIpc) is 2.15. The molecule has 0 aliphatic heterocycles. The zero-order valence-corrected chi connectivity index (χ0v) is 9.21. The third-order valence-electron chi connectivity index (χ3n) is 2.53. The van der Waals surface area contributed by atoms with E-state index in [1.54, 1.807) is 6.20 Å². The molecule has 0 saturated carbocycles. The molecule has 0 bridgehead atoms. The molecule has 0 amide bonds. The van der Waals surface area contributed by atoms with Crippen LogP contribution in [0.5, 0.6) is 0 Å². The number of aromatic nitrogens is 1. The van der Waals surface area contributed by atoms with Crippen LogP contribution in [0.1, 0.15) is 26.3 Å². The van der Waals surface area contributed by atoms with Crippen LogP contribution in [0.3, 0.4) is 0 Å². The van der Waals surface area contributed by atoms with Crippen LogP contribution >= 0.6 is 0 Å². The van der Waals surface area contributed by atoms with Gasteiger partial charge < -0.3 is 0 Å². The van der Waals surface area contributed by atoms with Gasteiger partial charge >= 0.3 is 0 Å². The number of halogens is 1. The van der Waals surface area contributed by atoms with Gasteiger partial charge in [-0.1, -0.05) is 26.8 Å². The molecule has 1 nitrogen and oxygen atoms in total. The molecule has 2 heteroatoms. The van der Waals surface area contributed by atoms with E-state index in [1.165, 1.54) is 12.1 Å². The van der Waals surface area contributed by atoms with Crippen molar-refractivity contribution in [1.82, 2.24) is 4.98 Å². The Hall–Kier alpha value is -1.44. The van der Waals surface area contributed by atoms with Crippen molar-refractivity contribution < 1.29 is 4.39 Å². The Morgan fingerprint density at radius 1 is 1.13 bits per heavy atom. The second kappa shape index (κ2) is 3.30. The highest BCUT2D eigenvalue weighted by molar-refractivity contribution is 5.85. The molecule has 15 heavy (non-hydrogen) atoms. The first-order chi connectivity index (χ1) is 6.98. The predicted octanol–water partition coefficient (Wildman–Crippen LogP) is 3.67. The number of nitrogens with zero attached hydrogens (tertiary/aromatic N) is 1. The molecule has 2 aromatic rings. The maximum Gasteiger partial charge on any atom is 0.123 e. The summed E-state index contributed by atoms with van der Waals surface area (Å²) in [7, 11) is 0. The van der Waals surface area contributed by atoms with Crippen LogP contribution in [0.2, 0.25) is 0 Å². The zero-order chi connectivity index (χ0) is 11.1. The lowest BCUT2D eigenvalue weighted by Gasteiger charge is -2.20. The van der Waals surface area contributed by atoms with Crippen molar-refractivity contribution >= 4 is 10.8 Å². The minimum Gasteiger partial charge on any atom is -0.264 e. The van der Waals surface area contributed by atoms with E-state index in [1.807, 2.05) is 12.3 Å². The summed E-state index contributed by atoms with van der Waals surface area (Å²) >= 11 is 0. The van der Waals surface area contributed by atoms with Gasteiger partial charge in [-0.3, -0.25) is 4.98 Å². The smallest absolute Gasteiger partial charge is 0.123 e. The van der Waals surface area contributed by atoms with E-state index < -0.39 is 0 Å². The Labute approximate surface area is 89.0 Å². The standard InChI is InChI=1S/C13H14FN/c1-13(2,3)12-8-15-7-9-6-10(14)4-5-11(9)12/h4-8H,1-3H3. The third kappa shape index (κ3) is 1.84. The summed E-state index contributed by atoms with van der Waals surface area (Å²) in [5.74, 6) is -0.213. The van der Waals surface area contributed by atoms with Crippen LogP contribution in [0.25, 0.3) is 10.8 Å². The predicted molar refractivity (Wildman–Crippen MR) is 60.4 cm³/mol. The molecule has 0 saturated heterocycles. The molecule has 0 aliphatic rings. The first-order valence-corrected chi connectivity index (χ1v) is 5.02. The lowest BCUT2D eigenvalue weighted by molar-refractivity contribution is 0.593. The van der Waals surface area contributed by atoms with Crippen molar-refractivity contribution in [3.05, 3.63) is 42.0 Å². The fourth-order valence-electron chi connectivity index (χ4n) is 1.74. The van der Waals surface area contributed by atoms with Crippen molar-refractivity contribution in [2.24, 2.45) is 0 Å². The topological polar surface area (TPSA) is 12.9 Å². The Morgan fingerprint density at radius 3 is 2.53 bits per heavy atom. The van der Waals surface area contributed by atoms with Crippen LogP contribution in [0, 0.1) is 5.82 Å². The molecule has 0 aliphatic carbocycles. The van der Waals surface area contributed by atoms with E-state index in [2.05, 4.69) is 25.8 Å². The maximum atomic E-state index is 13.0. The number of rotatable bonds is 0. The van der Waals surface area contributed by atoms with E-state index in [0.29, 0.717) is 0 Å². The summed E-state index contributed by atoms with van der Waals surface area (Å²) in [5, 5.41) is 1.95. The van der Waals surface area contributed by atoms with Gasteiger partial charge in [0.1, 0.15) is 5.82 Å². The number of fused-ring (bicyclic) bond motifs is 1. The molecule has 1 heterocycles. The molecular formula is C13H14FN. The Morgan fingerprint density at radius 2 is 1.87 bits per heavy atom. The van der Waals surface area contributed by atoms with E-state index in [0.717, 1.165) is 16.3 Å². The molecule has 78 valence electrons. The third-order valence-corrected chi connectivity index (χ3v) is 2.53. The monoisotopic (exact) mass is 203 g/mol. The summed E-state index contributed by atoms with van der Waals surface area (Å²) in [4.78, 5) is 4.15. The number of hydrogen-bond acceptors (Lipinski definition) is 1. The fourth-order valence-corrected chi connectivity index (χ4v) is 1.74. The first-order valence-electron chi connectivity index (χ1n) is 5.02. The minimum atomic E-state index is -0.213. The largest absolute Gasteiger partial charge is 0.264 e. The van der Waals surface area contributed by atoms with Crippen LogP contribution in [0.15, 0.2) is 30.6 Å².